The number of piperazine rings is 1. The molecule has 1 N–H and O–H groups in total. The van der Waals surface area contributed by atoms with Gasteiger partial charge in [-0.3, -0.25) is 4.90 Å². The molecule has 1 saturated heterocycles. The molecule has 0 bridgehead atoms. The molecule has 0 saturated carbocycles. The Kier molecular flexibility index (Phi) is 5.24. The van der Waals surface area contributed by atoms with E-state index in [0.29, 0.717) is 23.1 Å². The van der Waals surface area contributed by atoms with E-state index in [-0.39, 0.29) is 6.42 Å². The summed E-state index contributed by atoms with van der Waals surface area (Å²) in [5, 5.41) is 3.18. The van der Waals surface area contributed by atoms with Crippen LogP contribution >= 0.6 is 15.9 Å². The zero-order valence-corrected chi connectivity index (χ0v) is 12.0. The van der Waals surface area contributed by atoms with Gasteiger partial charge in [-0.05, 0) is 33.6 Å². The fourth-order valence-corrected chi connectivity index (χ4v) is 2.62. The third-order valence-corrected chi connectivity index (χ3v) is 3.97. The minimum absolute atomic E-state index is 0.263. The number of hydrogen-bond donors (Lipinski definition) is 1. The minimum Gasteiger partial charge on any atom is -0.314 e. The van der Waals surface area contributed by atoms with E-state index in [9.17, 15) is 13.2 Å². The van der Waals surface area contributed by atoms with Crippen LogP contribution in [0.1, 0.15) is 18.0 Å². The number of nitrogens with one attached hydrogen (secondary N) is 1. The highest BCUT2D eigenvalue weighted by Gasteiger charge is 2.25. The van der Waals surface area contributed by atoms with Crippen molar-refractivity contribution in [2.24, 2.45) is 0 Å². The predicted molar refractivity (Wildman–Crippen MR) is 71.9 cm³/mol. The SMILES string of the molecule is Fc1cc([C@H](CC(F)F)N2CCNCC2)ccc1Br. The maximum Gasteiger partial charge on any atom is 0.240 e. The molecule has 1 aromatic carbocycles. The molecule has 1 aliphatic heterocycles. The average molecular weight is 337 g/mol. The molecule has 0 aromatic heterocycles. The summed E-state index contributed by atoms with van der Waals surface area (Å²) < 4.78 is 39.5. The largest absolute Gasteiger partial charge is 0.314 e. The van der Waals surface area contributed by atoms with Crippen LogP contribution in [0.25, 0.3) is 0 Å². The van der Waals surface area contributed by atoms with Gasteiger partial charge < -0.3 is 5.32 Å². The summed E-state index contributed by atoms with van der Waals surface area (Å²) in [6, 6.07) is 4.21. The van der Waals surface area contributed by atoms with Gasteiger partial charge in [-0.15, -0.1) is 0 Å². The highest BCUT2D eigenvalue weighted by atomic mass is 79.9. The van der Waals surface area contributed by atoms with E-state index in [1.165, 1.54) is 6.07 Å². The van der Waals surface area contributed by atoms with Crippen LogP contribution < -0.4 is 5.32 Å². The fraction of sp³-hybridized carbons (Fsp3) is 0.538. The van der Waals surface area contributed by atoms with Crippen LogP contribution in [0, 0.1) is 5.82 Å². The Morgan fingerprint density at radius 3 is 2.53 bits per heavy atom. The number of alkyl halides is 2. The number of nitrogens with zero attached hydrogens (tertiary/aromatic N) is 1. The molecule has 0 aliphatic carbocycles. The highest BCUT2D eigenvalue weighted by molar-refractivity contribution is 9.10. The Balaban J connectivity index is 2.22. The van der Waals surface area contributed by atoms with Gasteiger partial charge in [-0.25, -0.2) is 13.2 Å². The lowest BCUT2D eigenvalue weighted by Crippen LogP contribution is -2.45. The van der Waals surface area contributed by atoms with Crippen molar-refractivity contribution in [3.63, 3.8) is 0 Å². The molecule has 0 amide bonds. The Morgan fingerprint density at radius 2 is 1.95 bits per heavy atom. The molecule has 1 atom stereocenters. The Hall–Kier alpha value is -0.590. The van der Waals surface area contributed by atoms with Gasteiger partial charge in [0.15, 0.2) is 0 Å². The lowest BCUT2D eigenvalue weighted by Gasteiger charge is -2.35. The third kappa shape index (κ3) is 3.94. The van der Waals surface area contributed by atoms with Gasteiger partial charge in [0.2, 0.25) is 6.43 Å². The van der Waals surface area contributed by atoms with E-state index in [1.54, 1.807) is 12.1 Å². The van der Waals surface area contributed by atoms with E-state index in [2.05, 4.69) is 21.2 Å². The van der Waals surface area contributed by atoms with Crippen LogP contribution in [0.15, 0.2) is 22.7 Å². The van der Waals surface area contributed by atoms with Crippen LogP contribution in [0.3, 0.4) is 0 Å². The van der Waals surface area contributed by atoms with E-state index >= 15 is 0 Å². The molecule has 1 aliphatic rings. The molecule has 1 fully saturated rings. The second kappa shape index (κ2) is 6.72. The summed E-state index contributed by atoms with van der Waals surface area (Å²) in [5.41, 5.74) is 0.614. The second-order valence-electron chi connectivity index (χ2n) is 4.60. The lowest BCUT2D eigenvalue weighted by atomic mass is 10.0. The molecule has 1 heterocycles. The normalized spacial score (nSPS) is 18.8. The topological polar surface area (TPSA) is 15.3 Å². The number of benzene rings is 1. The number of rotatable bonds is 4. The Morgan fingerprint density at radius 1 is 1.26 bits per heavy atom. The summed E-state index contributed by atoms with van der Waals surface area (Å²) in [6.45, 7) is 2.96. The monoisotopic (exact) mass is 336 g/mol. The van der Waals surface area contributed by atoms with Gasteiger partial charge in [-0.1, -0.05) is 6.07 Å². The van der Waals surface area contributed by atoms with Crippen molar-refractivity contribution in [2.75, 3.05) is 26.2 Å². The van der Waals surface area contributed by atoms with Crippen molar-refractivity contribution in [1.82, 2.24) is 10.2 Å². The molecule has 106 valence electrons. The van der Waals surface area contributed by atoms with Gasteiger partial charge >= 0.3 is 0 Å². The first-order chi connectivity index (χ1) is 9.08. The second-order valence-corrected chi connectivity index (χ2v) is 5.46. The zero-order valence-electron chi connectivity index (χ0n) is 10.4. The Labute approximate surface area is 119 Å². The first kappa shape index (κ1) is 14.8. The van der Waals surface area contributed by atoms with E-state index in [0.717, 1.165) is 13.1 Å². The zero-order chi connectivity index (χ0) is 13.8. The highest BCUT2D eigenvalue weighted by Crippen LogP contribution is 2.29. The lowest BCUT2D eigenvalue weighted by molar-refractivity contribution is 0.0738. The van der Waals surface area contributed by atoms with Crippen molar-refractivity contribution < 1.29 is 13.2 Å². The van der Waals surface area contributed by atoms with Crippen molar-refractivity contribution in [1.29, 1.82) is 0 Å². The van der Waals surface area contributed by atoms with E-state index in [4.69, 9.17) is 0 Å². The van der Waals surface area contributed by atoms with Crippen LogP contribution in [-0.4, -0.2) is 37.5 Å². The smallest absolute Gasteiger partial charge is 0.240 e. The van der Waals surface area contributed by atoms with Crippen LogP contribution in [0.2, 0.25) is 0 Å². The van der Waals surface area contributed by atoms with E-state index < -0.39 is 18.3 Å². The minimum atomic E-state index is -2.40. The summed E-state index contributed by atoms with van der Waals surface area (Å²) in [4.78, 5) is 1.99. The van der Waals surface area contributed by atoms with Gasteiger partial charge in [0.1, 0.15) is 5.82 Å². The van der Waals surface area contributed by atoms with Crippen molar-refractivity contribution in [3.05, 3.63) is 34.1 Å². The number of hydrogen-bond acceptors (Lipinski definition) is 2. The van der Waals surface area contributed by atoms with Gasteiger partial charge in [0.25, 0.3) is 0 Å². The first-order valence-electron chi connectivity index (χ1n) is 6.26. The number of halogens is 4. The standard InChI is InChI=1S/C13H16BrF3N2/c14-10-2-1-9(7-11(10)15)12(8-13(16)17)19-5-3-18-4-6-19/h1-2,7,12-13,18H,3-6,8H2/t12-/m0/s1. The van der Waals surface area contributed by atoms with Crippen molar-refractivity contribution in [3.8, 4) is 0 Å². The molecular weight excluding hydrogens is 321 g/mol. The molecule has 19 heavy (non-hydrogen) atoms. The van der Waals surface area contributed by atoms with Crippen molar-refractivity contribution in [2.45, 2.75) is 18.9 Å². The molecule has 1 aromatic rings. The van der Waals surface area contributed by atoms with Crippen LogP contribution in [-0.2, 0) is 0 Å². The van der Waals surface area contributed by atoms with Gasteiger partial charge in [-0.2, -0.15) is 0 Å². The maximum absolute atomic E-state index is 13.6. The van der Waals surface area contributed by atoms with Crippen LogP contribution in [0.5, 0.6) is 0 Å². The van der Waals surface area contributed by atoms with E-state index in [1.807, 2.05) is 4.90 Å². The summed E-state index contributed by atoms with van der Waals surface area (Å²) in [5.74, 6) is -0.410. The molecule has 0 spiro atoms. The molecule has 2 rings (SSSR count). The molecular formula is C13H16BrF3N2. The first-order valence-corrected chi connectivity index (χ1v) is 7.05. The molecule has 6 heteroatoms. The van der Waals surface area contributed by atoms with Crippen LogP contribution in [0.4, 0.5) is 13.2 Å². The summed E-state index contributed by atoms with van der Waals surface area (Å²) in [7, 11) is 0. The van der Waals surface area contributed by atoms with Gasteiger partial charge in [0, 0.05) is 38.6 Å². The summed E-state index contributed by atoms with van der Waals surface area (Å²) in [6.07, 6.45) is -2.66. The fourth-order valence-electron chi connectivity index (χ4n) is 2.38. The molecule has 2 nitrogen and oxygen atoms in total. The quantitative estimate of drug-likeness (QED) is 0.908. The molecule has 0 unspecified atom stereocenters. The molecule has 0 radical (unpaired) electrons. The third-order valence-electron chi connectivity index (χ3n) is 3.32. The van der Waals surface area contributed by atoms with Crippen molar-refractivity contribution >= 4 is 15.9 Å². The van der Waals surface area contributed by atoms with Gasteiger partial charge in [0.05, 0.1) is 4.47 Å². The maximum atomic E-state index is 13.6. The Bertz CT molecular complexity index is 422. The summed E-state index contributed by atoms with van der Waals surface area (Å²) >= 11 is 3.08. The predicted octanol–water partition coefficient (Wildman–Crippen LogP) is 3.19. The average Bonchev–Trinajstić information content (AvgIpc) is 2.40.